The molecule has 3 aliphatic rings. The van der Waals surface area contributed by atoms with E-state index in [1.165, 1.54) is 58.6 Å². The van der Waals surface area contributed by atoms with Crippen LogP contribution in [0.2, 0.25) is 0 Å². The lowest BCUT2D eigenvalue weighted by atomic mass is 9.94. The van der Waals surface area contributed by atoms with Gasteiger partial charge in [-0.15, -0.1) is 11.3 Å². The van der Waals surface area contributed by atoms with Crippen molar-refractivity contribution in [2.45, 2.75) is 76.3 Å². The van der Waals surface area contributed by atoms with Crippen LogP contribution >= 0.6 is 11.3 Å². The molecule has 9 nitrogen and oxygen atoms in total. The van der Waals surface area contributed by atoms with Crippen LogP contribution in [-0.4, -0.2) is 83.3 Å². The molecule has 1 saturated carbocycles. The zero-order chi connectivity index (χ0) is 25.4. The molecule has 2 aliphatic heterocycles. The minimum atomic E-state index is -3.82. The van der Waals surface area contributed by atoms with Gasteiger partial charge in [-0.25, -0.2) is 13.4 Å². The van der Waals surface area contributed by atoms with Gasteiger partial charge in [0.1, 0.15) is 16.3 Å². The minimum Gasteiger partial charge on any atom is -0.339 e. The van der Waals surface area contributed by atoms with Gasteiger partial charge >= 0.3 is 0 Å². The summed E-state index contributed by atoms with van der Waals surface area (Å²) in [5, 5.41) is 0.119. The standard InChI is InChI=1S/C25H37N5O4S2/c1-18-8-10-30(11-9-18)36(33,34)23-19(2)35-24-22(23)25(32)29(17-26-24)16-21(31)28-14-12-27(13-15-28)20-6-4-3-5-7-20/h17-18,20H,3-16H2,1-2H3. The third-order valence-corrected chi connectivity index (χ3v) is 11.4. The number of piperidine rings is 1. The summed E-state index contributed by atoms with van der Waals surface area (Å²) < 4.78 is 29.9. The van der Waals surface area contributed by atoms with E-state index in [9.17, 15) is 18.0 Å². The maximum absolute atomic E-state index is 13.6. The average Bonchev–Trinajstić information content (AvgIpc) is 3.24. The van der Waals surface area contributed by atoms with Gasteiger partial charge in [-0.05, 0) is 38.5 Å². The number of amides is 1. The fourth-order valence-corrected chi connectivity index (χ4v) is 9.06. The Balaban J connectivity index is 1.34. The van der Waals surface area contributed by atoms with Gasteiger partial charge in [-0.2, -0.15) is 4.31 Å². The summed E-state index contributed by atoms with van der Waals surface area (Å²) in [6, 6.07) is 0.635. The van der Waals surface area contributed by atoms with Crippen molar-refractivity contribution in [3.8, 4) is 0 Å². The van der Waals surface area contributed by atoms with Crippen LogP contribution in [0, 0.1) is 12.8 Å². The molecule has 0 spiro atoms. The van der Waals surface area contributed by atoms with Crippen LogP contribution in [0.1, 0.15) is 56.7 Å². The second-order valence-corrected chi connectivity index (χ2v) is 13.7. The van der Waals surface area contributed by atoms with E-state index in [1.807, 2.05) is 4.90 Å². The molecule has 4 heterocycles. The molecule has 0 bridgehead atoms. The van der Waals surface area contributed by atoms with Gasteiger partial charge in [-0.3, -0.25) is 19.1 Å². The molecule has 3 fully saturated rings. The molecule has 0 unspecified atom stereocenters. The Morgan fingerprint density at radius 3 is 2.36 bits per heavy atom. The molecule has 2 saturated heterocycles. The van der Waals surface area contributed by atoms with Gasteiger partial charge in [-0.1, -0.05) is 26.2 Å². The van der Waals surface area contributed by atoms with Crippen molar-refractivity contribution in [1.82, 2.24) is 23.7 Å². The molecule has 11 heteroatoms. The number of fused-ring (bicyclic) bond motifs is 1. The number of thiophene rings is 1. The number of carbonyl (C=O) groups is 1. The molecule has 2 aromatic rings. The Labute approximate surface area is 217 Å². The quantitative estimate of drug-likeness (QED) is 0.584. The number of aryl methyl sites for hydroxylation is 1. The number of sulfonamides is 1. The van der Waals surface area contributed by atoms with Gasteiger partial charge in [0.05, 0.1) is 11.7 Å². The van der Waals surface area contributed by atoms with Crippen molar-refractivity contribution in [1.29, 1.82) is 0 Å². The molecular weight excluding hydrogens is 498 g/mol. The van der Waals surface area contributed by atoms with E-state index in [0.29, 0.717) is 47.8 Å². The van der Waals surface area contributed by atoms with Crippen LogP contribution in [0.15, 0.2) is 16.0 Å². The zero-order valence-electron chi connectivity index (χ0n) is 21.3. The minimum absolute atomic E-state index is 0.0671. The first-order valence-corrected chi connectivity index (χ1v) is 15.5. The highest BCUT2D eigenvalue weighted by Crippen LogP contribution is 2.34. The molecular formula is C25H37N5O4S2. The topological polar surface area (TPSA) is 95.8 Å². The lowest BCUT2D eigenvalue weighted by molar-refractivity contribution is -0.134. The summed E-state index contributed by atoms with van der Waals surface area (Å²) in [5.41, 5.74) is -0.456. The van der Waals surface area contributed by atoms with Crippen LogP contribution in [0.25, 0.3) is 10.2 Å². The van der Waals surface area contributed by atoms with Crippen molar-refractivity contribution in [3.05, 3.63) is 21.6 Å². The summed E-state index contributed by atoms with van der Waals surface area (Å²) in [5.74, 6) is 0.370. The molecule has 36 heavy (non-hydrogen) atoms. The van der Waals surface area contributed by atoms with E-state index in [1.54, 1.807) is 6.92 Å². The van der Waals surface area contributed by atoms with Crippen molar-refractivity contribution >= 4 is 37.5 Å². The lowest BCUT2D eigenvalue weighted by Gasteiger charge is -2.40. The van der Waals surface area contributed by atoms with E-state index in [4.69, 9.17) is 0 Å². The van der Waals surface area contributed by atoms with E-state index in [0.717, 1.165) is 25.9 Å². The number of rotatable bonds is 5. The number of carbonyl (C=O) groups excluding carboxylic acids is 1. The maximum atomic E-state index is 13.6. The largest absolute Gasteiger partial charge is 0.339 e. The summed E-state index contributed by atoms with van der Waals surface area (Å²) in [4.78, 5) is 36.3. The Morgan fingerprint density at radius 2 is 1.69 bits per heavy atom. The van der Waals surface area contributed by atoms with Gasteiger partial charge in [0.25, 0.3) is 5.56 Å². The third kappa shape index (κ3) is 4.99. The van der Waals surface area contributed by atoms with Crippen molar-refractivity contribution in [2.75, 3.05) is 39.3 Å². The summed E-state index contributed by atoms with van der Waals surface area (Å²) in [7, 11) is -3.82. The number of piperazine rings is 1. The first-order chi connectivity index (χ1) is 17.3. The van der Waals surface area contributed by atoms with Gasteiger partial charge in [0.15, 0.2) is 0 Å². The molecule has 1 amide bonds. The van der Waals surface area contributed by atoms with Gasteiger partial charge in [0.2, 0.25) is 15.9 Å². The first kappa shape index (κ1) is 25.8. The predicted octanol–water partition coefficient (Wildman–Crippen LogP) is 2.66. The van der Waals surface area contributed by atoms with Gasteiger partial charge in [0, 0.05) is 50.2 Å². The van der Waals surface area contributed by atoms with Crippen molar-refractivity contribution < 1.29 is 13.2 Å². The van der Waals surface area contributed by atoms with Crippen molar-refractivity contribution in [2.24, 2.45) is 5.92 Å². The van der Waals surface area contributed by atoms with E-state index >= 15 is 0 Å². The Bertz CT molecular complexity index is 1270. The zero-order valence-corrected chi connectivity index (χ0v) is 23.0. The number of hydrogen-bond donors (Lipinski definition) is 0. The fraction of sp³-hybridized carbons (Fsp3) is 0.720. The first-order valence-electron chi connectivity index (χ1n) is 13.3. The molecule has 1 aliphatic carbocycles. The lowest BCUT2D eigenvalue weighted by Crippen LogP contribution is -2.53. The third-order valence-electron chi connectivity index (χ3n) is 8.20. The summed E-state index contributed by atoms with van der Waals surface area (Å²) in [6.07, 6.45) is 9.41. The number of aromatic nitrogens is 2. The second-order valence-electron chi connectivity index (χ2n) is 10.6. The monoisotopic (exact) mass is 535 g/mol. The highest BCUT2D eigenvalue weighted by molar-refractivity contribution is 7.89. The smallest absolute Gasteiger partial charge is 0.263 e. The van der Waals surface area contributed by atoms with Crippen molar-refractivity contribution in [3.63, 3.8) is 0 Å². The molecule has 5 rings (SSSR count). The Hall–Kier alpha value is -1.82. The van der Waals surface area contributed by atoms with Crippen LogP contribution in [0.4, 0.5) is 0 Å². The molecule has 198 valence electrons. The predicted molar refractivity (Wildman–Crippen MR) is 141 cm³/mol. The molecule has 0 atom stereocenters. The normalized spacial score (nSPS) is 21.9. The van der Waals surface area contributed by atoms with Crippen LogP contribution in [0.5, 0.6) is 0 Å². The average molecular weight is 536 g/mol. The van der Waals surface area contributed by atoms with E-state index in [2.05, 4.69) is 16.8 Å². The fourth-order valence-electron chi connectivity index (χ4n) is 5.92. The summed E-state index contributed by atoms with van der Waals surface area (Å²) >= 11 is 1.22. The van der Waals surface area contributed by atoms with E-state index in [-0.39, 0.29) is 22.7 Å². The Kier molecular flexibility index (Phi) is 7.54. The van der Waals surface area contributed by atoms with Crippen LogP contribution in [-0.2, 0) is 21.4 Å². The second kappa shape index (κ2) is 10.5. The number of hydrogen-bond acceptors (Lipinski definition) is 7. The highest BCUT2D eigenvalue weighted by atomic mass is 32.2. The highest BCUT2D eigenvalue weighted by Gasteiger charge is 2.34. The van der Waals surface area contributed by atoms with E-state index < -0.39 is 15.6 Å². The molecule has 0 radical (unpaired) electrons. The molecule has 0 N–H and O–H groups in total. The Morgan fingerprint density at radius 1 is 1.03 bits per heavy atom. The van der Waals surface area contributed by atoms with Crippen LogP contribution < -0.4 is 5.56 Å². The SMILES string of the molecule is Cc1sc2ncn(CC(=O)N3CCN(C4CCCCC4)CC3)c(=O)c2c1S(=O)(=O)N1CCC(C)CC1. The maximum Gasteiger partial charge on any atom is 0.263 e. The molecule has 0 aromatic carbocycles. The number of nitrogens with zero attached hydrogens (tertiary/aromatic N) is 5. The molecule has 2 aromatic heterocycles. The van der Waals surface area contributed by atoms with Gasteiger partial charge < -0.3 is 4.90 Å². The van der Waals surface area contributed by atoms with Crippen LogP contribution in [0.3, 0.4) is 0 Å². The summed E-state index contributed by atoms with van der Waals surface area (Å²) in [6.45, 7) is 7.69.